The van der Waals surface area contributed by atoms with Crippen molar-refractivity contribution < 1.29 is 17.9 Å². The third-order valence-electron chi connectivity index (χ3n) is 6.67. The zero-order chi connectivity index (χ0) is 25.7. The van der Waals surface area contributed by atoms with E-state index in [0.29, 0.717) is 37.3 Å². The fourth-order valence-corrected chi connectivity index (χ4v) is 6.89. The van der Waals surface area contributed by atoms with Crippen molar-refractivity contribution in [2.45, 2.75) is 48.2 Å². The number of amides is 1. The molecule has 1 saturated carbocycles. The monoisotopic (exact) mass is 541 g/mol. The van der Waals surface area contributed by atoms with Crippen LogP contribution in [0.5, 0.6) is 0 Å². The number of ether oxygens (including phenoxy) is 1. The van der Waals surface area contributed by atoms with Crippen molar-refractivity contribution in [1.82, 2.24) is 24.4 Å². The molecule has 2 aromatic carbocycles. The highest BCUT2D eigenvalue weighted by molar-refractivity contribution is 7.99. The van der Waals surface area contributed by atoms with Gasteiger partial charge in [0.25, 0.3) is 0 Å². The average molecular weight is 542 g/mol. The molecule has 2 fully saturated rings. The zero-order valence-electron chi connectivity index (χ0n) is 20.6. The smallest absolute Gasteiger partial charge is 0.243 e. The number of sulfonamides is 1. The Labute approximate surface area is 221 Å². The average Bonchev–Trinajstić information content (AvgIpc) is 3.37. The van der Waals surface area contributed by atoms with E-state index in [1.54, 1.807) is 24.3 Å². The van der Waals surface area contributed by atoms with Crippen LogP contribution in [0, 0.1) is 0 Å². The minimum Gasteiger partial charge on any atom is -0.379 e. The molecule has 37 heavy (non-hydrogen) atoms. The van der Waals surface area contributed by atoms with E-state index >= 15 is 0 Å². The number of nitrogens with zero attached hydrogens (tertiary/aromatic N) is 4. The Kier molecular flexibility index (Phi) is 8.23. The highest BCUT2D eigenvalue weighted by Crippen LogP contribution is 2.29. The van der Waals surface area contributed by atoms with Crippen LogP contribution in [0.4, 0.5) is 0 Å². The molecule has 0 spiro atoms. The first-order chi connectivity index (χ1) is 18.0. The Morgan fingerprint density at radius 3 is 2.38 bits per heavy atom. The minimum absolute atomic E-state index is 0.00117. The number of carbonyl (C=O) groups is 1. The molecular formula is C26H31N5O4S2. The van der Waals surface area contributed by atoms with Gasteiger partial charge < -0.3 is 10.1 Å². The fraction of sp³-hybridized carbons (Fsp3) is 0.423. The van der Waals surface area contributed by atoms with Gasteiger partial charge in [-0.3, -0.25) is 9.36 Å². The molecule has 0 unspecified atom stereocenters. The van der Waals surface area contributed by atoms with Crippen LogP contribution in [0.15, 0.2) is 64.6 Å². The first-order valence-electron chi connectivity index (χ1n) is 12.6. The number of thioether (sulfide) groups is 1. The molecule has 3 aromatic rings. The van der Waals surface area contributed by atoms with Gasteiger partial charge >= 0.3 is 0 Å². The molecule has 0 atom stereocenters. The summed E-state index contributed by atoms with van der Waals surface area (Å²) < 4.78 is 34.7. The lowest BCUT2D eigenvalue weighted by atomic mass is 9.95. The maximum Gasteiger partial charge on any atom is 0.243 e. The number of morpholine rings is 1. The number of para-hydroxylation sites is 1. The molecule has 5 rings (SSSR count). The summed E-state index contributed by atoms with van der Waals surface area (Å²) in [6.45, 7) is 1.50. The van der Waals surface area contributed by atoms with Gasteiger partial charge in [0.2, 0.25) is 15.9 Å². The van der Waals surface area contributed by atoms with Crippen LogP contribution in [0.1, 0.15) is 32.1 Å². The molecule has 11 heteroatoms. The van der Waals surface area contributed by atoms with Crippen molar-refractivity contribution in [2.75, 3.05) is 32.1 Å². The molecule has 196 valence electrons. The number of rotatable bonds is 8. The number of hydrogen-bond donors (Lipinski definition) is 1. The summed E-state index contributed by atoms with van der Waals surface area (Å²) in [6, 6.07) is 16.7. The van der Waals surface area contributed by atoms with E-state index in [9.17, 15) is 13.2 Å². The van der Waals surface area contributed by atoms with Crippen LogP contribution in [-0.2, 0) is 19.6 Å². The molecule has 9 nitrogen and oxygen atoms in total. The second-order valence-corrected chi connectivity index (χ2v) is 12.1. The molecule has 1 N–H and O–H groups in total. The summed E-state index contributed by atoms with van der Waals surface area (Å²) in [5, 5.41) is 12.6. The number of hydrogen-bond acceptors (Lipinski definition) is 7. The topological polar surface area (TPSA) is 106 Å². The highest BCUT2D eigenvalue weighted by Gasteiger charge is 2.27. The van der Waals surface area contributed by atoms with Crippen molar-refractivity contribution in [3.63, 3.8) is 0 Å². The predicted octanol–water partition coefficient (Wildman–Crippen LogP) is 3.50. The second kappa shape index (κ2) is 11.8. The van der Waals surface area contributed by atoms with Gasteiger partial charge in [0.05, 0.1) is 23.9 Å². The molecule has 2 heterocycles. The quantitative estimate of drug-likeness (QED) is 0.435. The van der Waals surface area contributed by atoms with Crippen LogP contribution in [0.25, 0.3) is 17.1 Å². The van der Waals surface area contributed by atoms with E-state index in [4.69, 9.17) is 4.74 Å². The Morgan fingerprint density at radius 1 is 0.973 bits per heavy atom. The third-order valence-corrected chi connectivity index (χ3v) is 9.51. The van der Waals surface area contributed by atoms with Crippen molar-refractivity contribution in [3.8, 4) is 17.1 Å². The van der Waals surface area contributed by atoms with Crippen LogP contribution in [0.3, 0.4) is 0 Å². The molecule has 0 bridgehead atoms. The molecule has 1 aliphatic heterocycles. The summed E-state index contributed by atoms with van der Waals surface area (Å²) >= 11 is 1.34. The number of benzene rings is 2. The van der Waals surface area contributed by atoms with Crippen LogP contribution < -0.4 is 5.32 Å². The fourth-order valence-electron chi connectivity index (χ4n) is 4.72. The minimum atomic E-state index is -3.59. The third kappa shape index (κ3) is 6.06. The first kappa shape index (κ1) is 25.9. The number of nitrogens with one attached hydrogen (secondary N) is 1. The molecule has 1 saturated heterocycles. The first-order valence-corrected chi connectivity index (χ1v) is 15.1. The van der Waals surface area contributed by atoms with Gasteiger partial charge in [-0.2, -0.15) is 4.31 Å². The van der Waals surface area contributed by atoms with Crippen molar-refractivity contribution in [3.05, 3.63) is 54.6 Å². The lowest BCUT2D eigenvalue weighted by Gasteiger charge is -2.26. The SMILES string of the molecule is O=C(CSc1nnc(-c2ccc(S(=O)(=O)N3CCOCC3)cc2)n1-c1ccccc1)NC1CCCCC1. The van der Waals surface area contributed by atoms with Gasteiger partial charge in [-0.1, -0.05) is 49.2 Å². The molecule has 1 aromatic heterocycles. The van der Waals surface area contributed by atoms with E-state index in [1.165, 1.54) is 22.5 Å². The standard InChI is InChI=1S/C26H31N5O4S2/c32-24(27-21-7-3-1-4-8-21)19-36-26-29-28-25(31(26)22-9-5-2-6-10-22)20-11-13-23(14-12-20)37(33,34)30-15-17-35-18-16-30/h2,5-6,9-14,21H,1,3-4,7-8,15-19H2,(H,27,32). The summed E-state index contributed by atoms with van der Waals surface area (Å²) in [5.74, 6) is 0.827. The molecular weight excluding hydrogens is 510 g/mol. The Bertz CT molecular complexity index is 1300. The lowest BCUT2D eigenvalue weighted by Crippen LogP contribution is -2.40. The maximum absolute atomic E-state index is 13.0. The molecule has 1 aliphatic carbocycles. The summed E-state index contributed by atoms with van der Waals surface area (Å²) in [7, 11) is -3.59. The van der Waals surface area contributed by atoms with Crippen molar-refractivity contribution in [1.29, 1.82) is 0 Å². The Morgan fingerprint density at radius 2 is 1.68 bits per heavy atom. The Balaban J connectivity index is 1.37. The van der Waals surface area contributed by atoms with E-state index in [-0.39, 0.29) is 22.6 Å². The van der Waals surface area contributed by atoms with E-state index in [2.05, 4.69) is 15.5 Å². The molecule has 2 aliphatic rings. The van der Waals surface area contributed by atoms with E-state index in [0.717, 1.165) is 36.9 Å². The normalized spacial score (nSPS) is 17.5. The van der Waals surface area contributed by atoms with E-state index in [1.807, 2.05) is 34.9 Å². The van der Waals surface area contributed by atoms with Gasteiger partial charge in [-0.15, -0.1) is 10.2 Å². The Hall–Kier alpha value is -2.73. The molecule has 1 amide bonds. The van der Waals surface area contributed by atoms with Gasteiger partial charge in [0.1, 0.15) is 0 Å². The van der Waals surface area contributed by atoms with Crippen LogP contribution >= 0.6 is 11.8 Å². The van der Waals surface area contributed by atoms with Crippen molar-refractivity contribution in [2.24, 2.45) is 0 Å². The predicted molar refractivity (Wildman–Crippen MR) is 142 cm³/mol. The summed E-state index contributed by atoms with van der Waals surface area (Å²) in [4.78, 5) is 12.8. The van der Waals surface area contributed by atoms with Gasteiger partial charge in [0.15, 0.2) is 11.0 Å². The summed E-state index contributed by atoms with van der Waals surface area (Å²) in [6.07, 6.45) is 5.65. The second-order valence-electron chi connectivity index (χ2n) is 9.21. The van der Waals surface area contributed by atoms with Gasteiger partial charge in [-0.25, -0.2) is 8.42 Å². The zero-order valence-corrected chi connectivity index (χ0v) is 22.2. The largest absolute Gasteiger partial charge is 0.379 e. The van der Waals surface area contributed by atoms with Crippen molar-refractivity contribution >= 4 is 27.7 Å². The van der Waals surface area contributed by atoms with E-state index < -0.39 is 10.0 Å². The maximum atomic E-state index is 13.0. The number of aromatic nitrogens is 3. The van der Waals surface area contributed by atoms with Gasteiger partial charge in [0, 0.05) is 30.4 Å². The highest BCUT2D eigenvalue weighted by atomic mass is 32.2. The van der Waals surface area contributed by atoms with Crippen LogP contribution in [0.2, 0.25) is 0 Å². The molecule has 0 radical (unpaired) electrons. The van der Waals surface area contributed by atoms with Crippen LogP contribution in [-0.4, -0.2) is 71.5 Å². The van der Waals surface area contributed by atoms with Gasteiger partial charge in [-0.05, 0) is 49.2 Å². The summed E-state index contributed by atoms with van der Waals surface area (Å²) in [5.41, 5.74) is 1.60. The lowest BCUT2D eigenvalue weighted by molar-refractivity contribution is -0.119. The number of carbonyl (C=O) groups excluding carboxylic acids is 1.